The molecule has 28 heavy (non-hydrogen) atoms. The molecule has 0 aliphatic carbocycles. The quantitative estimate of drug-likeness (QED) is 0.715. The molecule has 1 atom stereocenters. The van der Waals surface area contributed by atoms with Gasteiger partial charge in [-0.1, -0.05) is 23.2 Å². The van der Waals surface area contributed by atoms with E-state index in [1.165, 1.54) is 0 Å². The molecule has 1 aliphatic rings. The van der Waals surface area contributed by atoms with Crippen LogP contribution in [-0.2, 0) is 4.79 Å². The lowest BCUT2D eigenvalue weighted by Gasteiger charge is -2.38. The van der Waals surface area contributed by atoms with Gasteiger partial charge >= 0.3 is 5.97 Å². The number of likely N-dealkylation sites (tertiary alicyclic amines) is 1. The third-order valence-electron chi connectivity index (χ3n) is 5.14. The van der Waals surface area contributed by atoms with E-state index in [0.29, 0.717) is 34.5 Å². The van der Waals surface area contributed by atoms with Gasteiger partial charge in [-0.15, -0.1) is 0 Å². The smallest absolute Gasteiger partial charge is 0.307 e. The minimum absolute atomic E-state index is 0.301. The molecule has 1 unspecified atom stereocenters. The van der Waals surface area contributed by atoms with Crippen molar-refractivity contribution in [2.45, 2.75) is 18.9 Å². The van der Waals surface area contributed by atoms with E-state index in [0.717, 1.165) is 24.1 Å². The Morgan fingerprint density at radius 1 is 1.07 bits per heavy atom. The molecule has 1 aliphatic heterocycles. The largest absolute Gasteiger partial charge is 0.496 e. The minimum Gasteiger partial charge on any atom is -0.496 e. The summed E-state index contributed by atoms with van der Waals surface area (Å²) in [6, 6.07) is 10.6. The summed E-state index contributed by atoms with van der Waals surface area (Å²) in [5.74, 6) is 0.147. The van der Waals surface area contributed by atoms with Gasteiger partial charge < -0.3 is 14.6 Å². The van der Waals surface area contributed by atoms with Crippen LogP contribution in [0.1, 0.15) is 30.0 Å². The highest BCUT2D eigenvalue weighted by atomic mass is 35.5. The Bertz CT molecular complexity index is 805. The molecule has 0 saturated carbocycles. The van der Waals surface area contributed by atoms with E-state index in [2.05, 4.69) is 4.90 Å². The van der Waals surface area contributed by atoms with E-state index in [4.69, 9.17) is 32.7 Å². The van der Waals surface area contributed by atoms with Gasteiger partial charge in [0.15, 0.2) is 0 Å². The topological polar surface area (TPSA) is 59.0 Å². The highest BCUT2D eigenvalue weighted by Crippen LogP contribution is 2.42. The van der Waals surface area contributed by atoms with Gasteiger partial charge in [0.2, 0.25) is 0 Å². The average Bonchev–Trinajstić information content (AvgIpc) is 2.69. The van der Waals surface area contributed by atoms with Crippen LogP contribution in [0.15, 0.2) is 36.4 Å². The van der Waals surface area contributed by atoms with E-state index in [9.17, 15) is 9.90 Å². The van der Waals surface area contributed by atoms with E-state index in [1.54, 1.807) is 26.4 Å². The average molecular weight is 424 g/mol. The summed E-state index contributed by atoms with van der Waals surface area (Å²) in [6.45, 7) is 1.17. The molecule has 150 valence electrons. The van der Waals surface area contributed by atoms with Crippen LogP contribution in [0.2, 0.25) is 10.0 Å². The van der Waals surface area contributed by atoms with Crippen molar-refractivity contribution in [1.29, 1.82) is 0 Å². The Labute approximate surface area is 174 Å². The van der Waals surface area contributed by atoms with Crippen molar-refractivity contribution in [3.8, 4) is 11.5 Å². The molecule has 0 bridgehead atoms. The molecular weight excluding hydrogens is 401 g/mol. The first kappa shape index (κ1) is 20.8. The second kappa shape index (κ2) is 9.03. The van der Waals surface area contributed by atoms with Crippen LogP contribution in [0.4, 0.5) is 0 Å². The molecule has 1 fully saturated rings. The predicted molar refractivity (Wildman–Crippen MR) is 110 cm³/mol. The Balaban J connectivity index is 2.16. The second-order valence-electron chi connectivity index (χ2n) is 6.85. The van der Waals surface area contributed by atoms with Gasteiger partial charge in [-0.25, -0.2) is 0 Å². The lowest BCUT2D eigenvalue weighted by Crippen LogP contribution is -2.41. The maximum absolute atomic E-state index is 11.6. The number of hydrogen-bond acceptors (Lipinski definition) is 4. The normalized spacial score (nSPS) is 17.5. The zero-order valence-electron chi connectivity index (χ0n) is 15.8. The minimum atomic E-state index is -0.778. The van der Waals surface area contributed by atoms with E-state index in [1.807, 2.05) is 24.3 Å². The fourth-order valence-corrected chi connectivity index (χ4v) is 4.20. The van der Waals surface area contributed by atoms with Crippen molar-refractivity contribution in [2.24, 2.45) is 5.92 Å². The van der Waals surface area contributed by atoms with Crippen LogP contribution < -0.4 is 9.47 Å². The number of nitrogens with zero attached hydrogens (tertiary/aromatic N) is 1. The molecule has 0 radical (unpaired) electrons. The number of carboxylic acids is 1. The van der Waals surface area contributed by atoms with Crippen LogP contribution in [0.5, 0.6) is 11.5 Å². The number of benzene rings is 2. The molecule has 2 aromatic carbocycles. The van der Waals surface area contributed by atoms with Crippen molar-refractivity contribution < 1.29 is 19.4 Å². The summed E-state index contributed by atoms with van der Waals surface area (Å²) < 4.78 is 11.2. The van der Waals surface area contributed by atoms with Crippen molar-refractivity contribution >= 4 is 29.2 Å². The fourth-order valence-electron chi connectivity index (χ4n) is 3.84. The Hall–Kier alpha value is -1.95. The number of carboxylic acid groups (broad SMARTS) is 1. The maximum Gasteiger partial charge on any atom is 0.307 e. The van der Waals surface area contributed by atoms with Crippen LogP contribution >= 0.6 is 23.2 Å². The molecule has 1 heterocycles. The summed E-state index contributed by atoms with van der Waals surface area (Å²) in [4.78, 5) is 13.8. The molecule has 5 nitrogen and oxygen atoms in total. The van der Waals surface area contributed by atoms with Crippen molar-refractivity contribution in [1.82, 2.24) is 4.90 Å². The molecule has 1 saturated heterocycles. The lowest BCUT2D eigenvalue weighted by atomic mass is 9.90. The monoisotopic (exact) mass is 423 g/mol. The Kier molecular flexibility index (Phi) is 6.70. The molecular formula is C21H23Cl2NO4. The number of carbonyl (C=O) groups is 1. The zero-order chi connectivity index (χ0) is 20.3. The number of methoxy groups -OCH3 is 2. The van der Waals surface area contributed by atoms with Crippen molar-refractivity contribution in [2.75, 3.05) is 27.3 Å². The summed E-state index contributed by atoms with van der Waals surface area (Å²) in [5, 5.41) is 10.7. The maximum atomic E-state index is 11.6. The van der Waals surface area contributed by atoms with Gasteiger partial charge in [-0.2, -0.15) is 0 Å². The number of rotatable bonds is 6. The standard InChI is InChI=1S/C21H23Cl2NO4/c1-27-18-7-5-14(22)10-16(18)20(17-11-15(23)6-8-19(17)28-2)24-9-3-4-13(12-24)21(25)26/h5-8,10-11,13,20H,3-4,9,12H2,1-2H3,(H,25,26). The van der Waals surface area contributed by atoms with Gasteiger partial charge in [0.25, 0.3) is 0 Å². The molecule has 0 aromatic heterocycles. The Morgan fingerprint density at radius 2 is 1.61 bits per heavy atom. The molecule has 2 aromatic rings. The summed E-state index contributed by atoms with van der Waals surface area (Å²) in [5.41, 5.74) is 1.70. The molecule has 7 heteroatoms. The van der Waals surface area contributed by atoms with Crippen molar-refractivity contribution in [3.63, 3.8) is 0 Å². The lowest BCUT2D eigenvalue weighted by molar-refractivity contribution is -0.143. The van der Waals surface area contributed by atoms with Gasteiger partial charge in [0.05, 0.1) is 26.2 Å². The van der Waals surface area contributed by atoms with Crippen LogP contribution in [0.3, 0.4) is 0 Å². The zero-order valence-corrected chi connectivity index (χ0v) is 17.3. The summed E-state index contributed by atoms with van der Waals surface area (Å²) >= 11 is 12.6. The molecule has 0 amide bonds. The SMILES string of the molecule is COc1ccc(Cl)cc1C(c1cc(Cl)ccc1OC)N1CCCC(C(=O)O)C1. The number of ether oxygens (including phenoxy) is 2. The highest BCUT2D eigenvalue weighted by Gasteiger charge is 2.34. The molecule has 3 rings (SSSR count). The van der Waals surface area contributed by atoms with E-state index in [-0.39, 0.29) is 6.04 Å². The number of halogens is 2. The second-order valence-corrected chi connectivity index (χ2v) is 7.72. The number of aliphatic carboxylic acids is 1. The third-order valence-corrected chi connectivity index (χ3v) is 5.61. The fraction of sp³-hybridized carbons (Fsp3) is 0.381. The van der Waals surface area contributed by atoms with Gasteiger partial charge in [0.1, 0.15) is 11.5 Å². The summed E-state index contributed by atoms with van der Waals surface area (Å²) in [7, 11) is 3.21. The van der Waals surface area contributed by atoms with Gasteiger partial charge in [-0.05, 0) is 55.8 Å². The van der Waals surface area contributed by atoms with Crippen LogP contribution in [0, 0.1) is 5.92 Å². The van der Waals surface area contributed by atoms with E-state index < -0.39 is 11.9 Å². The first-order valence-electron chi connectivity index (χ1n) is 9.08. The van der Waals surface area contributed by atoms with Crippen LogP contribution in [0.25, 0.3) is 0 Å². The van der Waals surface area contributed by atoms with Crippen LogP contribution in [-0.4, -0.2) is 43.3 Å². The van der Waals surface area contributed by atoms with Gasteiger partial charge in [0, 0.05) is 27.7 Å². The summed E-state index contributed by atoms with van der Waals surface area (Å²) in [6.07, 6.45) is 1.46. The highest BCUT2D eigenvalue weighted by molar-refractivity contribution is 6.31. The predicted octanol–water partition coefficient (Wildman–Crippen LogP) is 4.90. The van der Waals surface area contributed by atoms with E-state index >= 15 is 0 Å². The number of hydrogen-bond donors (Lipinski definition) is 1. The Morgan fingerprint density at radius 3 is 2.07 bits per heavy atom. The first-order chi connectivity index (χ1) is 13.4. The molecule has 1 N–H and O–H groups in total. The third kappa shape index (κ3) is 4.37. The molecule has 0 spiro atoms. The number of piperidine rings is 1. The van der Waals surface area contributed by atoms with Crippen molar-refractivity contribution in [3.05, 3.63) is 57.6 Å². The van der Waals surface area contributed by atoms with Gasteiger partial charge in [-0.3, -0.25) is 9.69 Å². The first-order valence-corrected chi connectivity index (χ1v) is 9.84.